The summed E-state index contributed by atoms with van der Waals surface area (Å²) in [7, 11) is 0. The van der Waals surface area contributed by atoms with Gasteiger partial charge in [0, 0.05) is 58.3 Å². The van der Waals surface area contributed by atoms with Crippen LogP contribution in [0.25, 0.3) is 0 Å². The largest absolute Gasteiger partial charge is 0.357 e. The summed E-state index contributed by atoms with van der Waals surface area (Å²) < 4.78 is 0. The topological polar surface area (TPSA) is 80.3 Å². The molecule has 2 N–H and O–H groups in total. The molecule has 1 atom stereocenters. The van der Waals surface area contributed by atoms with Crippen LogP contribution in [0.15, 0.2) is 4.99 Å². The van der Waals surface area contributed by atoms with Gasteiger partial charge in [-0.05, 0) is 39.5 Å². The van der Waals surface area contributed by atoms with Gasteiger partial charge in [-0.25, -0.2) is 0 Å². The molecule has 3 aliphatic rings. The first-order valence-electron chi connectivity index (χ1n) is 11.9. The number of guanidine groups is 1. The van der Waals surface area contributed by atoms with E-state index < -0.39 is 0 Å². The summed E-state index contributed by atoms with van der Waals surface area (Å²) in [4.78, 5) is 36.1. The van der Waals surface area contributed by atoms with Crippen LogP contribution in [0.1, 0.15) is 58.8 Å². The molecule has 0 aromatic carbocycles. The van der Waals surface area contributed by atoms with Crippen LogP contribution in [0.2, 0.25) is 0 Å². The van der Waals surface area contributed by atoms with E-state index in [0.717, 1.165) is 77.5 Å². The van der Waals surface area contributed by atoms with Crippen molar-refractivity contribution in [3.63, 3.8) is 0 Å². The Morgan fingerprint density at radius 3 is 2.27 bits per heavy atom. The van der Waals surface area contributed by atoms with Gasteiger partial charge < -0.3 is 20.4 Å². The van der Waals surface area contributed by atoms with E-state index >= 15 is 0 Å². The normalized spacial score (nSPS) is 22.4. The molecule has 1 unspecified atom stereocenters. The molecule has 30 heavy (non-hydrogen) atoms. The van der Waals surface area contributed by atoms with Gasteiger partial charge in [-0.2, -0.15) is 0 Å². The zero-order valence-electron chi connectivity index (χ0n) is 18.9. The van der Waals surface area contributed by atoms with Crippen LogP contribution in [-0.2, 0) is 9.59 Å². The molecule has 2 amide bonds. The van der Waals surface area contributed by atoms with Gasteiger partial charge in [0.15, 0.2) is 5.96 Å². The maximum atomic E-state index is 12.7. The molecule has 1 saturated carbocycles. The van der Waals surface area contributed by atoms with Crippen LogP contribution in [0.3, 0.4) is 0 Å². The molecule has 8 heteroatoms. The fraction of sp³-hybridized carbons (Fsp3) is 0.864. The molecule has 0 bridgehead atoms. The van der Waals surface area contributed by atoms with Crippen LogP contribution in [0.5, 0.6) is 0 Å². The highest BCUT2D eigenvalue weighted by Gasteiger charge is 2.30. The van der Waals surface area contributed by atoms with Gasteiger partial charge in [0.1, 0.15) is 0 Å². The average molecular weight is 421 g/mol. The number of nitrogens with zero attached hydrogens (tertiary/aromatic N) is 4. The second-order valence-corrected chi connectivity index (χ2v) is 8.77. The van der Waals surface area contributed by atoms with E-state index in [4.69, 9.17) is 4.99 Å². The van der Waals surface area contributed by atoms with Crippen molar-refractivity contribution < 1.29 is 9.59 Å². The third kappa shape index (κ3) is 6.33. The third-order valence-corrected chi connectivity index (χ3v) is 6.59. The Hall–Kier alpha value is -1.83. The van der Waals surface area contributed by atoms with Gasteiger partial charge in [0.2, 0.25) is 11.8 Å². The lowest BCUT2D eigenvalue weighted by atomic mass is 10.2. The summed E-state index contributed by atoms with van der Waals surface area (Å²) in [6, 6.07) is 0.317. The highest BCUT2D eigenvalue weighted by Crippen LogP contribution is 2.17. The number of nitrogens with one attached hydrogen (secondary N) is 2. The Labute approximate surface area is 181 Å². The van der Waals surface area contributed by atoms with Gasteiger partial charge >= 0.3 is 0 Å². The number of hydrogen-bond acceptors (Lipinski definition) is 4. The molecule has 170 valence electrons. The van der Waals surface area contributed by atoms with Crippen molar-refractivity contribution in [1.82, 2.24) is 25.3 Å². The number of carbonyl (C=O) groups is 2. The highest BCUT2D eigenvalue weighted by molar-refractivity contribution is 5.82. The minimum absolute atomic E-state index is 0.0518. The molecule has 0 radical (unpaired) electrons. The van der Waals surface area contributed by atoms with Gasteiger partial charge in [0.05, 0.1) is 12.6 Å². The molecule has 0 spiro atoms. The molecule has 3 rings (SSSR count). The van der Waals surface area contributed by atoms with E-state index in [1.54, 1.807) is 0 Å². The lowest BCUT2D eigenvalue weighted by molar-refractivity contribution is -0.135. The van der Waals surface area contributed by atoms with Gasteiger partial charge in [0.25, 0.3) is 0 Å². The molecule has 2 saturated heterocycles. The molecule has 2 heterocycles. The van der Waals surface area contributed by atoms with E-state index in [0.29, 0.717) is 19.0 Å². The zero-order chi connectivity index (χ0) is 21.3. The number of amides is 2. The van der Waals surface area contributed by atoms with Crippen LogP contribution in [-0.4, -0.2) is 96.9 Å². The summed E-state index contributed by atoms with van der Waals surface area (Å²) in [5.41, 5.74) is 0. The number of carbonyl (C=O) groups excluding carboxylic acids is 2. The summed E-state index contributed by atoms with van der Waals surface area (Å²) in [6.07, 6.45) is 7.37. The lowest BCUT2D eigenvalue weighted by Gasteiger charge is -2.39. The molecule has 1 aliphatic carbocycles. The van der Waals surface area contributed by atoms with E-state index in [1.165, 1.54) is 12.8 Å². The second kappa shape index (κ2) is 11.5. The Morgan fingerprint density at radius 1 is 0.967 bits per heavy atom. The fourth-order valence-electron chi connectivity index (χ4n) is 4.74. The maximum Gasteiger partial charge on any atom is 0.239 e. The number of likely N-dealkylation sites (tertiary alicyclic amines) is 1. The van der Waals surface area contributed by atoms with E-state index in [-0.39, 0.29) is 17.9 Å². The predicted molar refractivity (Wildman–Crippen MR) is 119 cm³/mol. The summed E-state index contributed by atoms with van der Waals surface area (Å²) in [6.45, 7) is 10.6. The van der Waals surface area contributed by atoms with Crippen molar-refractivity contribution in [3.05, 3.63) is 0 Å². The molecule has 0 aromatic rings. The van der Waals surface area contributed by atoms with Crippen molar-refractivity contribution in [2.75, 3.05) is 52.4 Å². The SMILES string of the molecule is CCNC(=NCCC(=O)NC1CCCC1)N1CCN(C(C)C(=O)N2CCCC2)CC1. The minimum Gasteiger partial charge on any atom is -0.357 e. The summed E-state index contributed by atoms with van der Waals surface area (Å²) in [5, 5.41) is 6.49. The summed E-state index contributed by atoms with van der Waals surface area (Å²) in [5.74, 6) is 1.26. The first-order valence-corrected chi connectivity index (χ1v) is 11.9. The Kier molecular flexibility index (Phi) is 8.78. The highest BCUT2D eigenvalue weighted by atomic mass is 16.2. The molecule has 3 fully saturated rings. The van der Waals surface area contributed by atoms with Crippen LogP contribution >= 0.6 is 0 Å². The lowest BCUT2D eigenvalue weighted by Crippen LogP contribution is -2.57. The third-order valence-electron chi connectivity index (χ3n) is 6.59. The minimum atomic E-state index is -0.0518. The van der Waals surface area contributed by atoms with Crippen molar-refractivity contribution >= 4 is 17.8 Å². The van der Waals surface area contributed by atoms with Crippen molar-refractivity contribution in [2.45, 2.75) is 70.9 Å². The smallest absolute Gasteiger partial charge is 0.239 e. The fourth-order valence-corrected chi connectivity index (χ4v) is 4.74. The second-order valence-electron chi connectivity index (χ2n) is 8.77. The van der Waals surface area contributed by atoms with Gasteiger partial charge in [-0.1, -0.05) is 12.8 Å². The number of piperazine rings is 1. The zero-order valence-corrected chi connectivity index (χ0v) is 18.9. The predicted octanol–water partition coefficient (Wildman–Crippen LogP) is 1.03. The first-order chi connectivity index (χ1) is 14.6. The molecular weight excluding hydrogens is 380 g/mol. The van der Waals surface area contributed by atoms with E-state index in [1.807, 2.05) is 11.8 Å². The Bertz CT molecular complexity index is 590. The monoisotopic (exact) mass is 420 g/mol. The van der Waals surface area contributed by atoms with Crippen LogP contribution in [0.4, 0.5) is 0 Å². The number of hydrogen-bond donors (Lipinski definition) is 2. The van der Waals surface area contributed by atoms with E-state index in [2.05, 4.69) is 27.4 Å². The molecule has 8 nitrogen and oxygen atoms in total. The first kappa shape index (κ1) is 22.8. The van der Waals surface area contributed by atoms with E-state index in [9.17, 15) is 9.59 Å². The maximum absolute atomic E-state index is 12.7. The van der Waals surface area contributed by atoms with Crippen molar-refractivity contribution in [2.24, 2.45) is 4.99 Å². The molecule has 0 aromatic heterocycles. The number of rotatable bonds is 7. The van der Waals surface area contributed by atoms with Crippen molar-refractivity contribution in [3.8, 4) is 0 Å². The summed E-state index contributed by atoms with van der Waals surface area (Å²) >= 11 is 0. The molecular formula is C22H40N6O2. The van der Waals surface area contributed by atoms with Crippen molar-refractivity contribution in [1.29, 1.82) is 0 Å². The van der Waals surface area contributed by atoms with Gasteiger partial charge in [-0.15, -0.1) is 0 Å². The molecule has 2 aliphatic heterocycles. The quantitative estimate of drug-likeness (QED) is 0.475. The Morgan fingerprint density at radius 2 is 1.63 bits per heavy atom. The standard InChI is InChI=1S/C22H40N6O2/c1-3-23-22(24-11-10-20(29)25-19-8-4-5-9-19)28-16-14-26(15-17-28)18(2)21(30)27-12-6-7-13-27/h18-19H,3-17H2,1-2H3,(H,23,24)(H,25,29). The van der Waals surface area contributed by atoms with Crippen LogP contribution in [0, 0.1) is 0 Å². The Balaban J connectivity index is 1.44. The number of aliphatic imine (C=N–C) groups is 1. The van der Waals surface area contributed by atoms with Crippen LogP contribution < -0.4 is 10.6 Å². The average Bonchev–Trinajstić information content (AvgIpc) is 3.46. The van der Waals surface area contributed by atoms with Gasteiger partial charge in [-0.3, -0.25) is 19.5 Å².